The Morgan fingerprint density at radius 1 is 1.62 bits per heavy atom. The number of nitrogens with two attached hydrogens (primary N) is 1. The number of carbonyl (C=O) groups excluding carboxylic acids is 1. The van der Waals surface area contributed by atoms with Crippen molar-refractivity contribution in [1.29, 1.82) is 5.26 Å². The van der Waals surface area contributed by atoms with E-state index in [2.05, 4.69) is 4.74 Å². The summed E-state index contributed by atoms with van der Waals surface area (Å²) in [6, 6.07) is 1.49. The van der Waals surface area contributed by atoms with Crippen molar-refractivity contribution in [3.05, 3.63) is 0 Å². The summed E-state index contributed by atoms with van der Waals surface area (Å²) in [5.41, 5.74) is 5.45. The first-order valence-electron chi connectivity index (χ1n) is 3.92. The first kappa shape index (κ1) is 14.7. The van der Waals surface area contributed by atoms with Crippen molar-refractivity contribution in [2.24, 2.45) is 5.73 Å². The van der Waals surface area contributed by atoms with Gasteiger partial charge in [-0.15, -0.1) is 12.4 Å². The Morgan fingerprint density at radius 3 is 2.69 bits per heavy atom. The fraction of sp³-hybridized carbons (Fsp3) is 0.750. The van der Waals surface area contributed by atoms with Crippen LogP contribution in [0.5, 0.6) is 0 Å². The highest BCUT2D eigenvalue weighted by Gasteiger charge is 2.11. The second-order valence-electron chi connectivity index (χ2n) is 2.53. The molecule has 5 heteroatoms. The maximum atomic E-state index is 10.8. The molecule has 0 aliphatic rings. The van der Waals surface area contributed by atoms with Gasteiger partial charge < -0.3 is 10.5 Å². The van der Waals surface area contributed by atoms with Gasteiger partial charge in [0, 0.05) is 6.42 Å². The monoisotopic (exact) mass is 206 g/mol. The van der Waals surface area contributed by atoms with E-state index in [-0.39, 0.29) is 18.4 Å². The third-order valence-corrected chi connectivity index (χ3v) is 1.56. The van der Waals surface area contributed by atoms with Crippen molar-refractivity contribution >= 4 is 18.4 Å². The van der Waals surface area contributed by atoms with Crippen LogP contribution in [0.4, 0.5) is 0 Å². The zero-order valence-electron chi connectivity index (χ0n) is 7.66. The Hall–Kier alpha value is -0.790. The molecule has 0 amide bonds. The lowest BCUT2D eigenvalue weighted by Gasteiger charge is -2.07. The Bertz CT molecular complexity index is 179. The molecule has 13 heavy (non-hydrogen) atoms. The molecule has 0 radical (unpaired) electrons. The summed E-state index contributed by atoms with van der Waals surface area (Å²) in [5, 5.41) is 8.21. The van der Waals surface area contributed by atoms with E-state index in [0.717, 1.165) is 12.8 Å². The van der Waals surface area contributed by atoms with E-state index >= 15 is 0 Å². The van der Waals surface area contributed by atoms with Crippen LogP contribution in [0.15, 0.2) is 0 Å². The lowest BCUT2D eigenvalue weighted by atomic mass is 10.1. The van der Waals surface area contributed by atoms with Crippen molar-refractivity contribution < 1.29 is 9.53 Å². The summed E-state index contributed by atoms with van der Waals surface area (Å²) in [4.78, 5) is 10.8. The molecule has 0 aromatic heterocycles. The third-order valence-electron chi connectivity index (χ3n) is 1.56. The van der Waals surface area contributed by atoms with Crippen molar-refractivity contribution in [3.63, 3.8) is 0 Å². The normalized spacial score (nSPS) is 10.8. The average molecular weight is 207 g/mol. The Labute approximate surface area is 84.5 Å². The maximum Gasteiger partial charge on any atom is 0.322 e. The summed E-state index contributed by atoms with van der Waals surface area (Å²) in [6.45, 7) is 0. The molecule has 0 saturated heterocycles. The molecule has 76 valence electrons. The first-order valence-corrected chi connectivity index (χ1v) is 3.92. The minimum atomic E-state index is -0.534. The second-order valence-corrected chi connectivity index (χ2v) is 2.53. The molecule has 0 saturated carbocycles. The minimum Gasteiger partial charge on any atom is -0.468 e. The average Bonchev–Trinajstić information content (AvgIpc) is 2.10. The fourth-order valence-electron chi connectivity index (χ4n) is 0.838. The molecule has 0 unspecified atom stereocenters. The quantitative estimate of drug-likeness (QED) is 0.538. The summed E-state index contributed by atoms with van der Waals surface area (Å²) in [7, 11) is 1.32. The third kappa shape index (κ3) is 7.57. The number of hydrogen-bond donors (Lipinski definition) is 1. The van der Waals surface area contributed by atoms with E-state index in [9.17, 15) is 4.79 Å². The Morgan fingerprint density at radius 2 is 2.23 bits per heavy atom. The zero-order valence-corrected chi connectivity index (χ0v) is 8.47. The van der Waals surface area contributed by atoms with Gasteiger partial charge >= 0.3 is 5.97 Å². The van der Waals surface area contributed by atoms with Gasteiger partial charge in [-0.25, -0.2) is 0 Å². The molecule has 4 nitrogen and oxygen atoms in total. The Balaban J connectivity index is 0. The van der Waals surface area contributed by atoms with Crippen LogP contribution in [0.1, 0.15) is 25.7 Å². The van der Waals surface area contributed by atoms with E-state index in [1.54, 1.807) is 0 Å². The highest BCUT2D eigenvalue weighted by molar-refractivity contribution is 5.85. The molecule has 0 rings (SSSR count). The molecular formula is C8H15ClN2O2. The van der Waals surface area contributed by atoms with Crippen LogP contribution in [-0.4, -0.2) is 19.1 Å². The summed E-state index contributed by atoms with van der Waals surface area (Å²) < 4.78 is 4.44. The number of unbranched alkanes of at least 4 members (excludes halogenated alkanes) is 2. The zero-order chi connectivity index (χ0) is 9.40. The predicted molar refractivity (Wildman–Crippen MR) is 51.3 cm³/mol. The number of carbonyl (C=O) groups is 1. The van der Waals surface area contributed by atoms with Crippen molar-refractivity contribution in [2.45, 2.75) is 31.7 Å². The van der Waals surface area contributed by atoms with Crippen molar-refractivity contribution in [3.8, 4) is 6.07 Å². The number of nitrogens with zero attached hydrogens (tertiary/aromatic N) is 1. The van der Waals surface area contributed by atoms with Crippen molar-refractivity contribution in [1.82, 2.24) is 0 Å². The van der Waals surface area contributed by atoms with Gasteiger partial charge in [-0.2, -0.15) is 5.26 Å². The van der Waals surface area contributed by atoms with Crippen molar-refractivity contribution in [2.75, 3.05) is 7.11 Å². The van der Waals surface area contributed by atoms with E-state index in [1.807, 2.05) is 6.07 Å². The molecule has 1 atom stereocenters. The number of halogens is 1. The topological polar surface area (TPSA) is 76.1 Å². The molecule has 0 aromatic rings. The largest absolute Gasteiger partial charge is 0.468 e. The molecule has 0 fully saturated rings. The van der Waals surface area contributed by atoms with Gasteiger partial charge in [0.15, 0.2) is 0 Å². The maximum absolute atomic E-state index is 10.8. The van der Waals surface area contributed by atoms with Gasteiger partial charge in [0.25, 0.3) is 0 Å². The SMILES string of the molecule is COC(=O)[C@H](N)CCCCC#N.Cl. The van der Waals surface area contributed by atoms with Gasteiger partial charge in [-0.3, -0.25) is 4.79 Å². The Kier molecular flexibility index (Phi) is 10.5. The van der Waals surface area contributed by atoms with Crippen LogP contribution in [0.3, 0.4) is 0 Å². The summed E-state index contributed by atoms with van der Waals surface area (Å²) >= 11 is 0. The van der Waals surface area contributed by atoms with E-state index in [4.69, 9.17) is 11.0 Å². The van der Waals surface area contributed by atoms with Crippen LogP contribution in [0.2, 0.25) is 0 Å². The highest BCUT2D eigenvalue weighted by Crippen LogP contribution is 2.02. The summed E-state index contributed by atoms with van der Waals surface area (Å²) in [5.74, 6) is -0.382. The van der Waals surface area contributed by atoms with Crippen LogP contribution in [0, 0.1) is 11.3 Å². The van der Waals surface area contributed by atoms with Gasteiger partial charge in [-0.1, -0.05) is 6.42 Å². The number of nitriles is 1. The van der Waals surface area contributed by atoms with E-state index in [0.29, 0.717) is 12.8 Å². The number of esters is 1. The van der Waals surface area contributed by atoms with Gasteiger partial charge in [0.2, 0.25) is 0 Å². The smallest absolute Gasteiger partial charge is 0.322 e. The molecule has 0 heterocycles. The predicted octanol–water partition coefficient (Wildman–Crippen LogP) is 0.992. The summed E-state index contributed by atoms with van der Waals surface area (Å²) in [6.07, 6.45) is 2.70. The molecular weight excluding hydrogens is 192 g/mol. The molecule has 0 aliphatic carbocycles. The molecule has 0 bridgehead atoms. The van der Waals surface area contributed by atoms with Gasteiger partial charge in [0.05, 0.1) is 13.2 Å². The van der Waals surface area contributed by atoms with E-state index < -0.39 is 6.04 Å². The lowest BCUT2D eigenvalue weighted by molar-refractivity contribution is -0.142. The first-order chi connectivity index (χ1) is 5.72. The van der Waals surface area contributed by atoms with Crippen LogP contribution in [-0.2, 0) is 9.53 Å². The molecule has 0 spiro atoms. The molecule has 0 aliphatic heterocycles. The number of rotatable bonds is 5. The fourth-order valence-corrected chi connectivity index (χ4v) is 0.838. The van der Waals surface area contributed by atoms with Crippen LogP contribution in [0.25, 0.3) is 0 Å². The molecule has 0 aromatic carbocycles. The van der Waals surface area contributed by atoms with Gasteiger partial charge in [-0.05, 0) is 12.8 Å². The number of methoxy groups -OCH3 is 1. The standard InChI is InChI=1S/C8H14N2O2.ClH/c1-12-8(11)7(10)5-3-2-4-6-9;/h7H,2-5,10H2,1H3;1H/t7-;/m1./s1. The van der Waals surface area contributed by atoms with E-state index in [1.165, 1.54) is 7.11 Å². The second kappa shape index (κ2) is 9.30. The highest BCUT2D eigenvalue weighted by atomic mass is 35.5. The van der Waals surface area contributed by atoms with Crippen LogP contribution < -0.4 is 5.73 Å². The van der Waals surface area contributed by atoms with Crippen LogP contribution >= 0.6 is 12.4 Å². The minimum absolute atomic E-state index is 0. The number of ether oxygens (including phenoxy) is 1. The number of hydrogen-bond acceptors (Lipinski definition) is 4. The lowest BCUT2D eigenvalue weighted by Crippen LogP contribution is -2.31. The van der Waals surface area contributed by atoms with Gasteiger partial charge in [0.1, 0.15) is 6.04 Å². The molecule has 2 N–H and O–H groups in total.